The summed E-state index contributed by atoms with van der Waals surface area (Å²) in [5, 5.41) is 12.7. The fourth-order valence-corrected chi connectivity index (χ4v) is 3.63. The van der Waals surface area contributed by atoms with E-state index in [-0.39, 0.29) is 5.91 Å². The topological polar surface area (TPSA) is 66.4 Å². The molecule has 4 nitrogen and oxygen atoms in total. The molecule has 0 bridgehead atoms. The van der Waals surface area contributed by atoms with Crippen LogP contribution >= 0.6 is 0 Å². The van der Waals surface area contributed by atoms with Crippen LogP contribution in [-0.2, 0) is 21.4 Å². The lowest BCUT2D eigenvalue weighted by molar-refractivity contribution is -0.145. The van der Waals surface area contributed by atoms with Crippen LogP contribution in [0.15, 0.2) is 18.2 Å². The Morgan fingerprint density at radius 3 is 2.60 bits per heavy atom. The van der Waals surface area contributed by atoms with Crippen molar-refractivity contribution in [1.82, 2.24) is 0 Å². The van der Waals surface area contributed by atoms with Gasteiger partial charge in [-0.25, -0.2) is 0 Å². The summed E-state index contributed by atoms with van der Waals surface area (Å²) in [6.45, 7) is 0. The van der Waals surface area contributed by atoms with E-state index in [0.717, 1.165) is 36.1 Å². The normalized spacial score (nSPS) is 20.9. The molecule has 1 heterocycles. The van der Waals surface area contributed by atoms with Gasteiger partial charge in [-0.3, -0.25) is 9.59 Å². The minimum absolute atomic E-state index is 0.0164. The molecule has 2 N–H and O–H groups in total. The Morgan fingerprint density at radius 1 is 1.15 bits per heavy atom. The maximum Gasteiger partial charge on any atom is 0.314 e. The average molecular weight is 273 g/mol. The minimum atomic E-state index is -0.758. The number of amides is 1. The van der Waals surface area contributed by atoms with Crippen molar-refractivity contribution in [2.24, 2.45) is 0 Å². The van der Waals surface area contributed by atoms with Gasteiger partial charge in [0.25, 0.3) is 0 Å². The SMILES string of the molecule is O=C1CCc2c(cccc2C2(C(=O)O)CCCCC2)N1. The third-order valence-electron chi connectivity index (χ3n) is 4.68. The molecule has 2 aliphatic rings. The first-order chi connectivity index (χ1) is 9.63. The van der Waals surface area contributed by atoms with Crippen molar-refractivity contribution in [2.75, 3.05) is 5.32 Å². The molecule has 4 heteroatoms. The minimum Gasteiger partial charge on any atom is -0.481 e. The van der Waals surface area contributed by atoms with Gasteiger partial charge in [-0.15, -0.1) is 0 Å². The third-order valence-corrected chi connectivity index (χ3v) is 4.68. The van der Waals surface area contributed by atoms with Gasteiger partial charge in [-0.05, 0) is 36.5 Å². The highest BCUT2D eigenvalue weighted by molar-refractivity contribution is 5.95. The third kappa shape index (κ3) is 1.99. The second-order valence-corrected chi connectivity index (χ2v) is 5.83. The smallest absolute Gasteiger partial charge is 0.314 e. The van der Waals surface area contributed by atoms with Crippen LogP contribution in [-0.4, -0.2) is 17.0 Å². The summed E-state index contributed by atoms with van der Waals surface area (Å²) in [6.07, 6.45) is 5.52. The summed E-state index contributed by atoms with van der Waals surface area (Å²) in [5.41, 5.74) is 1.98. The maximum atomic E-state index is 11.9. The molecule has 1 amide bonds. The molecule has 1 fully saturated rings. The van der Waals surface area contributed by atoms with Crippen molar-refractivity contribution < 1.29 is 14.7 Å². The van der Waals surface area contributed by atoms with Gasteiger partial charge in [0.2, 0.25) is 5.91 Å². The zero-order valence-electron chi connectivity index (χ0n) is 11.4. The van der Waals surface area contributed by atoms with Gasteiger partial charge in [0.1, 0.15) is 0 Å². The molecule has 0 spiro atoms. The Bertz CT molecular complexity index is 559. The molecule has 1 aromatic rings. The summed E-state index contributed by atoms with van der Waals surface area (Å²) >= 11 is 0. The summed E-state index contributed by atoms with van der Waals surface area (Å²) in [7, 11) is 0. The first-order valence-corrected chi connectivity index (χ1v) is 7.29. The molecule has 0 unspecified atom stereocenters. The Kier molecular flexibility index (Phi) is 3.24. The van der Waals surface area contributed by atoms with E-state index in [0.29, 0.717) is 25.7 Å². The van der Waals surface area contributed by atoms with Crippen LogP contribution in [0.5, 0.6) is 0 Å². The summed E-state index contributed by atoms with van der Waals surface area (Å²) in [6, 6.07) is 5.67. The van der Waals surface area contributed by atoms with E-state index in [2.05, 4.69) is 5.32 Å². The molecule has 1 aliphatic heterocycles. The maximum absolute atomic E-state index is 11.9. The van der Waals surface area contributed by atoms with Crippen LogP contribution in [0.25, 0.3) is 0 Å². The molecule has 1 aliphatic carbocycles. The molecule has 1 aromatic carbocycles. The lowest BCUT2D eigenvalue weighted by Gasteiger charge is -2.36. The molecule has 0 atom stereocenters. The first kappa shape index (κ1) is 13.2. The molecule has 0 saturated heterocycles. The number of carbonyl (C=O) groups is 2. The van der Waals surface area contributed by atoms with Crippen molar-refractivity contribution in [3.05, 3.63) is 29.3 Å². The number of hydrogen-bond donors (Lipinski definition) is 2. The largest absolute Gasteiger partial charge is 0.481 e. The number of benzene rings is 1. The van der Waals surface area contributed by atoms with Crippen LogP contribution in [0, 0.1) is 0 Å². The Hall–Kier alpha value is -1.84. The fourth-order valence-electron chi connectivity index (χ4n) is 3.63. The number of carboxylic acid groups (broad SMARTS) is 1. The second kappa shape index (κ2) is 4.93. The van der Waals surface area contributed by atoms with E-state index in [4.69, 9.17) is 0 Å². The number of rotatable bonds is 2. The molecule has 0 aromatic heterocycles. The molecule has 3 rings (SSSR count). The van der Waals surface area contributed by atoms with Crippen molar-refractivity contribution in [3.8, 4) is 0 Å². The number of aliphatic carboxylic acids is 1. The average Bonchev–Trinajstić information content (AvgIpc) is 2.47. The van der Waals surface area contributed by atoms with Crippen molar-refractivity contribution in [3.63, 3.8) is 0 Å². The number of hydrogen-bond acceptors (Lipinski definition) is 2. The van der Waals surface area contributed by atoms with Crippen LogP contribution < -0.4 is 5.32 Å². The second-order valence-electron chi connectivity index (χ2n) is 5.83. The predicted molar refractivity (Wildman–Crippen MR) is 75.8 cm³/mol. The van der Waals surface area contributed by atoms with E-state index < -0.39 is 11.4 Å². The molecule has 0 radical (unpaired) electrons. The number of carbonyl (C=O) groups excluding carboxylic acids is 1. The van der Waals surface area contributed by atoms with Crippen LogP contribution in [0.3, 0.4) is 0 Å². The van der Waals surface area contributed by atoms with E-state index in [1.807, 2.05) is 18.2 Å². The summed E-state index contributed by atoms with van der Waals surface area (Å²) in [5.74, 6) is -0.704. The highest BCUT2D eigenvalue weighted by Gasteiger charge is 2.43. The van der Waals surface area contributed by atoms with Gasteiger partial charge < -0.3 is 10.4 Å². The molecule has 1 saturated carbocycles. The van der Waals surface area contributed by atoms with Gasteiger partial charge in [0.05, 0.1) is 5.41 Å². The Balaban J connectivity index is 2.10. The van der Waals surface area contributed by atoms with E-state index >= 15 is 0 Å². The molecule has 106 valence electrons. The fraction of sp³-hybridized carbons (Fsp3) is 0.500. The molecular formula is C16H19NO3. The lowest BCUT2D eigenvalue weighted by atomic mass is 9.67. The monoisotopic (exact) mass is 273 g/mol. The van der Waals surface area contributed by atoms with E-state index in [9.17, 15) is 14.7 Å². The quantitative estimate of drug-likeness (QED) is 0.870. The Labute approximate surface area is 118 Å². The zero-order chi connectivity index (χ0) is 14.2. The zero-order valence-corrected chi connectivity index (χ0v) is 11.4. The van der Waals surface area contributed by atoms with Gasteiger partial charge >= 0.3 is 5.97 Å². The van der Waals surface area contributed by atoms with Crippen molar-refractivity contribution in [1.29, 1.82) is 0 Å². The Morgan fingerprint density at radius 2 is 1.90 bits per heavy atom. The van der Waals surface area contributed by atoms with Crippen LogP contribution in [0.1, 0.15) is 49.7 Å². The lowest BCUT2D eigenvalue weighted by Crippen LogP contribution is -2.39. The first-order valence-electron chi connectivity index (χ1n) is 7.29. The van der Waals surface area contributed by atoms with Crippen molar-refractivity contribution in [2.45, 2.75) is 50.4 Å². The van der Waals surface area contributed by atoms with E-state index in [1.54, 1.807) is 0 Å². The van der Waals surface area contributed by atoms with Gasteiger partial charge in [-0.2, -0.15) is 0 Å². The standard InChI is InChI=1S/C16H19NO3/c18-14-8-7-11-12(5-4-6-13(11)17-14)16(15(19)20)9-2-1-3-10-16/h4-6H,1-3,7-10H2,(H,17,18)(H,19,20). The highest BCUT2D eigenvalue weighted by atomic mass is 16.4. The number of anilines is 1. The number of fused-ring (bicyclic) bond motifs is 1. The van der Waals surface area contributed by atoms with Gasteiger partial charge in [-0.1, -0.05) is 31.4 Å². The highest BCUT2D eigenvalue weighted by Crippen LogP contribution is 2.43. The van der Waals surface area contributed by atoms with Gasteiger partial charge in [0, 0.05) is 12.1 Å². The number of carboxylic acids is 1. The van der Waals surface area contributed by atoms with E-state index in [1.165, 1.54) is 0 Å². The van der Waals surface area contributed by atoms with Crippen molar-refractivity contribution >= 4 is 17.6 Å². The van der Waals surface area contributed by atoms with Crippen LogP contribution in [0.2, 0.25) is 0 Å². The molecule has 20 heavy (non-hydrogen) atoms. The summed E-state index contributed by atoms with van der Waals surface area (Å²) < 4.78 is 0. The molecular weight excluding hydrogens is 254 g/mol. The number of nitrogens with one attached hydrogen (secondary N) is 1. The van der Waals surface area contributed by atoms with Gasteiger partial charge in [0.15, 0.2) is 0 Å². The predicted octanol–water partition coefficient (Wildman–Crippen LogP) is 2.86. The van der Waals surface area contributed by atoms with Crippen LogP contribution in [0.4, 0.5) is 5.69 Å². The summed E-state index contributed by atoms with van der Waals surface area (Å²) in [4.78, 5) is 23.4.